The molecule has 26 heavy (non-hydrogen) atoms. The highest BCUT2D eigenvalue weighted by Gasteiger charge is 2.67. The molecule has 0 unspecified atom stereocenters. The molecular formula is C19H19N3O4. The Kier molecular flexibility index (Phi) is 3.69. The molecule has 4 rings (SSSR count). The molecule has 2 aromatic rings. The molecular weight excluding hydrogens is 334 g/mol. The number of nitrogens with zero attached hydrogens (tertiary/aromatic N) is 1. The lowest BCUT2D eigenvalue weighted by molar-refractivity contribution is -0.532. The predicted octanol–water partition coefficient (Wildman–Crippen LogP) is 2.26. The summed E-state index contributed by atoms with van der Waals surface area (Å²) in [7, 11) is 1.57. The summed E-state index contributed by atoms with van der Waals surface area (Å²) >= 11 is 0. The van der Waals surface area contributed by atoms with Crippen LogP contribution in [-0.2, 0) is 10.3 Å². The smallest absolute Gasteiger partial charge is 0.256 e. The normalized spacial score (nSPS) is 29.5. The molecule has 2 aromatic carbocycles. The van der Waals surface area contributed by atoms with Crippen LogP contribution in [0, 0.1) is 10.1 Å². The zero-order chi connectivity index (χ0) is 18.5. The molecule has 1 fully saturated rings. The highest BCUT2D eigenvalue weighted by Crippen LogP contribution is 2.49. The van der Waals surface area contributed by atoms with Gasteiger partial charge in [-0.1, -0.05) is 30.3 Å². The van der Waals surface area contributed by atoms with Crippen molar-refractivity contribution >= 4 is 11.6 Å². The topological polar surface area (TPSA) is 93.5 Å². The number of amides is 1. The Morgan fingerprint density at radius 3 is 2.50 bits per heavy atom. The van der Waals surface area contributed by atoms with Crippen LogP contribution in [0.1, 0.15) is 24.0 Å². The summed E-state index contributed by atoms with van der Waals surface area (Å²) in [5, 5.41) is 18.2. The van der Waals surface area contributed by atoms with Crippen LogP contribution in [0.3, 0.4) is 0 Å². The van der Waals surface area contributed by atoms with Crippen molar-refractivity contribution in [2.75, 3.05) is 12.4 Å². The van der Waals surface area contributed by atoms with Crippen LogP contribution in [0.5, 0.6) is 5.75 Å². The summed E-state index contributed by atoms with van der Waals surface area (Å²) < 4.78 is 5.18. The third-order valence-electron chi connectivity index (χ3n) is 5.46. The van der Waals surface area contributed by atoms with E-state index in [1.807, 2.05) is 19.1 Å². The van der Waals surface area contributed by atoms with Crippen molar-refractivity contribution in [3.63, 3.8) is 0 Å². The minimum absolute atomic E-state index is 0.254. The molecule has 2 heterocycles. The lowest BCUT2D eigenvalue weighted by Gasteiger charge is -2.25. The number of nitrogens with one attached hydrogen (secondary N) is 2. The summed E-state index contributed by atoms with van der Waals surface area (Å²) in [4.78, 5) is 24.7. The zero-order valence-corrected chi connectivity index (χ0v) is 14.4. The average Bonchev–Trinajstić information content (AvgIpc) is 3.10. The maximum atomic E-state index is 12.9. The number of ether oxygens (including phenoxy) is 1. The first kappa shape index (κ1) is 16.5. The van der Waals surface area contributed by atoms with Gasteiger partial charge in [-0.3, -0.25) is 20.2 Å². The molecule has 7 heteroatoms. The maximum absolute atomic E-state index is 12.9. The molecule has 0 bridgehead atoms. The summed E-state index contributed by atoms with van der Waals surface area (Å²) in [6.07, 6.45) is 0. The average molecular weight is 353 g/mol. The van der Waals surface area contributed by atoms with Crippen LogP contribution in [-0.4, -0.2) is 30.0 Å². The number of carbonyl (C=O) groups is 1. The minimum Gasteiger partial charge on any atom is -0.497 e. The Balaban J connectivity index is 1.86. The molecule has 2 N–H and O–H groups in total. The van der Waals surface area contributed by atoms with Crippen molar-refractivity contribution in [3.05, 3.63) is 69.8 Å². The number of hydrogen-bond donors (Lipinski definition) is 2. The first-order chi connectivity index (χ1) is 12.5. The number of rotatable bonds is 3. The lowest BCUT2D eigenvalue weighted by atomic mass is 9.78. The Labute approximate surface area is 150 Å². The number of hydrogen-bond acceptors (Lipinski definition) is 5. The van der Waals surface area contributed by atoms with E-state index in [9.17, 15) is 14.9 Å². The highest BCUT2D eigenvalue weighted by molar-refractivity contribution is 6.07. The van der Waals surface area contributed by atoms with E-state index in [0.717, 1.165) is 5.56 Å². The van der Waals surface area contributed by atoms with Crippen molar-refractivity contribution in [1.29, 1.82) is 0 Å². The van der Waals surface area contributed by atoms with Gasteiger partial charge in [0.25, 0.3) is 11.9 Å². The number of fused-ring (bicyclic) bond motifs is 2. The molecule has 0 radical (unpaired) electrons. The third kappa shape index (κ3) is 2.13. The van der Waals surface area contributed by atoms with Gasteiger partial charge in [-0.15, -0.1) is 0 Å². The molecule has 0 saturated carbocycles. The summed E-state index contributed by atoms with van der Waals surface area (Å²) in [6, 6.07) is 13.0. The fraction of sp³-hybridized carbons (Fsp3) is 0.316. The number of methoxy groups -OCH3 is 1. The van der Waals surface area contributed by atoms with Crippen molar-refractivity contribution in [1.82, 2.24) is 5.32 Å². The van der Waals surface area contributed by atoms with Gasteiger partial charge in [0.1, 0.15) is 5.75 Å². The van der Waals surface area contributed by atoms with Crippen molar-refractivity contribution < 1.29 is 14.5 Å². The lowest BCUT2D eigenvalue weighted by Crippen LogP contribution is -2.54. The van der Waals surface area contributed by atoms with Crippen LogP contribution in [0.2, 0.25) is 0 Å². The van der Waals surface area contributed by atoms with Gasteiger partial charge in [0.2, 0.25) is 0 Å². The number of para-hydroxylation sites is 1. The van der Waals surface area contributed by atoms with Gasteiger partial charge in [-0.2, -0.15) is 0 Å². The Morgan fingerprint density at radius 1 is 1.15 bits per heavy atom. The monoisotopic (exact) mass is 353 g/mol. The predicted molar refractivity (Wildman–Crippen MR) is 95.9 cm³/mol. The quantitative estimate of drug-likeness (QED) is 0.652. The van der Waals surface area contributed by atoms with Crippen molar-refractivity contribution in [2.45, 2.75) is 30.5 Å². The third-order valence-corrected chi connectivity index (χ3v) is 5.46. The number of nitro groups is 1. The zero-order valence-electron chi connectivity index (χ0n) is 14.4. The highest BCUT2D eigenvalue weighted by atomic mass is 16.6. The van der Waals surface area contributed by atoms with Crippen LogP contribution in [0.15, 0.2) is 48.5 Å². The van der Waals surface area contributed by atoms with E-state index in [1.54, 1.807) is 43.5 Å². The van der Waals surface area contributed by atoms with E-state index in [4.69, 9.17) is 4.74 Å². The number of carbonyl (C=O) groups excluding carboxylic acids is 1. The molecule has 0 aliphatic carbocycles. The van der Waals surface area contributed by atoms with Crippen molar-refractivity contribution in [3.8, 4) is 5.75 Å². The molecule has 2 aliphatic rings. The molecule has 1 amide bonds. The van der Waals surface area contributed by atoms with Gasteiger partial charge in [-0.05, 0) is 30.7 Å². The van der Waals surface area contributed by atoms with Gasteiger partial charge < -0.3 is 10.1 Å². The van der Waals surface area contributed by atoms with E-state index in [0.29, 0.717) is 17.0 Å². The fourth-order valence-corrected chi connectivity index (χ4v) is 4.38. The summed E-state index contributed by atoms with van der Waals surface area (Å²) in [5.41, 5.74) is 0.694. The minimum atomic E-state index is -1.37. The molecule has 4 atom stereocenters. The second-order valence-corrected chi connectivity index (χ2v) is 6.77. The van der Waals surface area contributed by atoms with Gasteiger partial charge in [-0.25, -0.2) is 0 Å². The number of anilines is 1. The standard InChI is InChI=1S/C19H19N3O4/c1-11-16(12-7-9-13(26-2)10-8-12)17(22(24)25)19(21-11)14-5-3-4-6-15(14)20-18(19)23/h3-11,16-17,21H,1-2H3,(H,20,23)/t11-,16-,17-,19-/m0/s1. The van der Waals surface area contributed by atoms with E-state index in [2.05, 4.69) is 10.6 Å². The maximum Gasteiger partial charge on any atom is 0.256 e. The second-order valence-electron chi connectivity index (χ2n) is 6.77. The molecule has 134 valence electrons. The summed E-state index contributed by atoms with van der Waals surface area (Å²) in [5.74, 6) is -0.139. The van der Waals surface area contributed by atoms with E-state index in [-0.39, 0.29) is 16.9 Å². The van der Waals surface area contributed by atoms with Crippen molar-refractivity contribution in [2.24, 2.45) is 0 Å². The second kappa shape index (κ2) is 5.81. The van der Waals surface area contributed by atoms with Gasteiger partial charge in [0, 0.05) is 22.2 Å². The first-order valence-electron chi connectivity index (χ1n) is 8.45. The molecule has 1 saturated heterocycles. The van der Waals surface area contributed by atoms with E-state index in [1.165, 1.54) is 0 Å². The SMILES string of the molecule is COc1ccc([C@@H]2[C@H](C)N[C@]3(C(=O)Nc4ccccc43)[C@H]2[N+](=O)[O-])cc1. The molecule has 0 aromatic heterocycles. The van der Waals surface area contributed by atoms with Crippen LogP contribution in [0.4, 0.5) is 5.69 Å². The Hall–Kier alpha value is -2.93. The molecule has 1 spiro atoms. The van der Waals surface area contributed by atoms with E-state index < -0.39 is 17.5 Å². The largest absolute Gasteiger partial charge is 0.497 e. The van der Waals surface area contributed by atoms with Gasteiger partial charge in [0.15, 0.2) is 5.54 Å². The molecule has 7 nitrogen and oxygen atoms in total. The van der Waals surface area contributed by atoms with Gasteiger partial charge >= 0.3 is 0 Å². The first-order valence-corrected chi connectivity index (χ1v) is 8.45. The Bertz CT molecular complexity index is 883. The van der Waals surface area contributed by atoms with Crippen LogP contribution in [0.25, 0.3) is 0 Å². The van der Waals surface area contributed by atoms with Crippen LogP contribution < -0.4 is 15.4 Å². The molecule has 2 aliphatic heterocycles. The van der Waals surface area contributed by atoms with Crippen LogP contribution >= 0.6 is 0 Å². The Morgan fingerprint density at radius 2 is 1.85 bits per heavy atom. The van der Waals surface area contributed by atoms with E-state index >= 15 is 0 Å². The van der Waals surface area contributed by atoms with Gasteiger partial charge in [0.05, 0.1) is 13.0 Å². The number of benzene rings is 2. The summed E-state index contributed by atoms with van der Waals surface area (Å²) in [6.45, 7) is 1.88. The fourth-order valence-electron chi connectivity index (χ4n) is 4.38.